The molecule has 2 fully saturated rings. The summed E-state index contributed by atoms with van der Waals surface area (Å²) in [5, 5.41) is 0. The van der Waals surface area contributed by atoms with Crippen molar-refractivity contribution < 1.29 is 52.2 Å². The van der Waals surface area contributed by atoms with Gasteiger partial charge in [0.1, 0.15) is 54.2 Å². The zero-order valence-electron chi connectivity index (χ0n) is 38.9. The molecule has 0 saturated carbocycles. The molecule has 3 aliphatic heterocycles. The van der Waals surface area contributed by atoms with Crippen molar-refractivity contribution in [2.24, 2.45) is 0 Å². The number of hydrogen-bond acceptors (Lipinski definition) is 12. The first-order valence-corrected chi connectivity index (χ1v) is 24.6. The monoisotopic (exact) mass is 955 g/mol. The molecule has 362 valence electrons. The van der Waals surface area contributed by atoms with Gasteiger partial charge >= 0.3 is 0 Å². The molecule has 2 amide bonds. The van der Waals surface area contributed by atoms with E-state index in [-0.39, 0.29) is 46.2 Å². The molecular weight excluding hydrogens is 895 g/mol. The number of carbonyl (C=O) groups excluding carboxylic acids is 2. The van der Waals surface area contributed by atoms with E-state index in [2.05, 4.69) is 13.2 Å². The molecule has 0 N–H and O–H groups in total. The molecule has 12 nitrogen and oxygen atoms in total. The van der Waals surface area contributed by atoms with Gasteiger partial charge in [-0.05, 0) is 40.1 Å². The molecule has 0 unspecified atom stereocenters. The summed E-state index contributed by atoms with van der Waals surface area (Å²) >= 11 is 1.48. The summed E-state index contributed by atoms with van der Waals surface area (Å²) < 4.78 is 61.6. The van der Waals surface area contributed by atoms with Gasteiger partial charge in [-0.2, -0.15) is 0 Å². The van der Waals surface area contributed by atoms with Crippen LogP contribution in [0.3, 0.4) is 0 Å². The molecule has 0 aliphatic carbocycles. The topological polar surface area (TPSA) is 120 Å². The molecule has 2 saturated heterocycles. The Kier molecular flexibility index (Phi) is 18.5. The number of fused-ring (bicyclic) bond motifs is 1. The molecule has 5 aromatic rings. The molecule has 3 aliphatic rings. The predicted molar refractivity (Wildman–Crippen MR) is 263 cm³/mol. The fraction of sp³-hybridized carbons (Fsp3) is 0.357. The molecule has 5 aromatic carbocycles. The van der Waals surface area contributed by atoms with E-state index in [1.165, 1.54) is 16.7 Å². The number of hydrogen-bond donors (Lipinski definition) is 0. The van der Waals surface area contributed by atoms with Gasteiger partial charge in [0.05, 0.1) is 64.0 Å². The highest BCUT2D eigenvalue weighted by molar-refractivity contribution is 7.99. The van der Waals surface area contributed by atoms with Crippen LogP contribution < -0.4 is 0 Å². The maximum Gasteiger partial charge on any atom is 0.262 e. The van der Waals surface area contributed by atoms with Crippen LogP contribution >= 0.6 is 11.8 Å². The summed E-state index contributed by atoms with van der Waals surface area (Å²) in [5.41, 5.74) is 3.62. The summed E-state index contributed by atoms with van der Waals surface area (Å²) in [6.45, 7) is 11.3. The minimum absolute atomic E-state index is 0.0632. The quantitative estimate of drug-likeness (QED) is 0.0316. The van der Waals surface area contributed by atoms with Crippen LogP contribution in [0.5, 0.6) is 0 Å². The Morgan fingerprint density at radius 1 is 0.522 bits per heavy atom. The normalized spacial score (nSPS) is 25.6. The standard InChI is InChI=1S/C56H61NO11S/c1-4-31-60-37-45-48(63-34-40-23-13-8-14-24-40)51(62-32-5-2)52(65-36-42-27-17-10-18-28-42)55(66-45)68-49-46(38-61-33-39-21-11-7-12-22-39)67-56(69-6-3)47(50(49)64-35-41-25-15-9-16-26-41)57-53(58)43-29-19-20-30-44(43)54(57)59/h4-5,7-30,45-52,55-56H,1-2,6,31-38H2,3H3/t45-,46-,47-,48-,49-,50-,51+,52+,55+,56+/m1/s1. The van der Waals surface area contributed by atoms with Crippen molar-refractivity contribution in [1.29, 1.82) is 0 Å². The highest BCUT2D eigenvalue weighted by Crippen LogP contribution is 2.41. The smallest absolute Gasteiger partial charge is 0.262 e. The van der Waals surface area contributed by atoms with Crippen LogP contribution in [0.15, 0.2) is 171 Å². The van der Waals surface area contributed by atoms with Crippen molar-refractivity contribution in [3.05, 3.63) is 204 Å². The second-order valence-electron chi connectivity index (χ2n) is 16.9. The highest BCUT2D eigenvalue weighted by atomic mass is 32.2. The van der Waals surface area contributed by atoms with Crippen LogP contribution in [0, 0.1) is 0 Å². The van der Waals surface area contributed by atoms with Crippen molar-refractivity contribution in [2.75, 3.05) is 32.2 Å². The summed E-state index contributed by atoms with van der Waals surface area (Å²) in [6.07, 6.45) is -3.83. The van der Waals surface area contributed by atoms with Gasteiger partial charge in [-0.25, -0.2) is 0 Å². The van der Waals surface area contributed by atoms with Gasteiger partial charge in [0.15, 0.2) is 6.29 Å². The van der Waals surface area contributed by atoms with Crippen LogP contribution in [0.4, 0.5) is 0 Å². The van der Waals surface area contributed by atoms with Crippen LogP contribution in [-0.2, 0) is 69.1 Å². The second kappa shape index (κ2) is 25.5. The fourth-order valence-electron chi connectivity index (χ4n) is 8.89. The van der Waals surface area contributed by atoms with Crippen molar-refractivity contribution >= 4 is 23.6 Å². The first-order chi connectivity index (χ1) is 34.0. The number of amides is 2. The van der Waals surface area contributed by atoms with Crippen LogP contribution in [-0.4, -0.2) is 109 Å². The van der Waals surface area contributed by atoms with Gasteiger partial charge in [-0.3, -0.25) is 14.5 Å². The van der Waals surface area contributed by atoms with Crippen molar-refractivity contribution in [2.45, 2.75) is 93.8 Å². The number of rotatable bonds is 25. The number of nitrogens with zero attached hydrogens (tertiary/aromatic N) is 1. The Morgan fingerprint density at radius 2 is 0.986 bits per heavy atom. The number of benzene rings is 5. The third-order valence-corrected chi connectivity index (χ3v) is 13.2. The molecule has 0 spiro atoms. The van der Waals surface area contributed by atoms with Gasteiger partial charge in [0, 0.05) is 0 Å². The average molecular weight is 956 g/mol. The zero-order chi connectivity index (χ0) is 47.8. The van der Waals surface area contributed by atoms with E-state index < -0.39 is 72.3 Å². The van der Waals surface area contributed by atoms with E-state index in [1.807, 2.05) is 128 Å². The van der Waals surface area contributed by atoms with Gasteiger partial charge in [-0.1, -0.05) is 153 Å². The third kappa shape index (κ3) is 12.7. The minimum Gasteiger partial charge on any atom is -0.375 e. The Morgan fingerprint density at radius 3 is 1.51 bits per heavy atom. The van der Waals surface area contributed by atoms with Crippen LogP contribution in [0.1, 0.15) is 49.9 Å². The van der Waals surface area contributed by atoms with Crippen molar-refractivity contribution in [3.8, 4) is 0 Å². The summed E-state index contributed by atoms with van der Waals surface area (Å²) in [5.74, 6) is -0.269. The molecule has 0 aromatic heterocycles. The lowest BCUT2D eigenvalue weighted by atomic mass is 9.94. The van der Waals surface area contributed by atoms with Crippen LogP contribution in [0.2, 0.25) is 0 Å². The Bertz CT molecular complexity index is 2340. The summed E-state index contributed by atoms with van der Waals surface area (Å²) in [7, 11) is 0. The Labute approximate surface area is 409 Å². The third-order valence-electron chi connectivity index (χ3n) is 12.1. The summed E-state index contributed by atoms with van der Waals surface area (Å²) in [6, 6.07) is 45.2. The first-order valence-electron chi connectivity index (χ1n) is 23.5. The van der Waals surface area contributed by atoms with E-state index in [1.54, 1.807) is 36.4 Å². The predicted octanol–water partition coefficient (Wildman–Crippen LogP) is 8.99. The van der Waals surface area contributed by atoms with Crippen LogP contribution in [0.25, 0.3) is 0 Å². The number of carbonyl (C=O) groups is 2. The molecule has 69 heavy (non-hydrogen) atoms. The first kappa shape index (κ1) is 50.1. The van der Waals surface area contributed by atoms with Gasteiger partial charge in [0.25, 0.3) is 11.8 Å². The largest absolute Gasteiger partial charge is 0.375 e. The maximum absolute atomic E-state index is 14.6. The SMILES string of the molecule is C=CCOC[C@H]1O[C@@H](O[C@H]2[C@H](OCc3ccccc3)[C@@H](N3C(=O)c4ccccc4C3=O)[C@H](SCC)O[C@@H]2COCc2ccccc2)[C@@H](OCc2ccccc2)[C@@H](OCC=C)[C@@H]1OCc1ccccc1. The minimum atomic E-state index is -1.18. The fourth-order valence-corrected chi connectivity index (χ4v) is 9.91. The number of imide groups is 1. The second-order valence-corrected chi connectivity index (χ2v) is 18.2. The van der Waals surface area contributed by atoms with E-state index in [9.17, 15) is 9.59 Å². The summed E-state index contributed by atoms with van der Waals surface area (Å²) in [4.78, 5) is 30.5. The van der Waals surface area contributed by atoms with E-state index >= 15 is 0 Å². The molecule has 3 heterocycles. The number of ether oxygens (including phenoxy) is 9. The van der Waals surface area contributed by atoms with E-state index in [0.29, 0.717) is 23.5 Å². The van der Waals surface area contributed by atoms with Crippen molar-refractivity contribution in [3.63, 3.8) is 0 Å². The number of thioether (sulfide) groups is 1. The lowest BCUT2D eigenvalue weighted by Crippen LogP contribution is -2.68. The van der Waals surface area contributed by atoms with Gasteiger partial charge in [0.2, 0.25) is 0 Å². The molecule has 10 atom stereocenters. The average Bonchev–Trinajstić information content (AvgIpc) is 3.64. The molecular formula is C56H61NO11S. The maximum atomic E-state index is 14.6. The molecule has 8 rings (SSSR count). The van der Waals surface area contributed by atoms with E-state index in [0.717, 1.165) is 22.3 Å². The molecule has 13 heteroatoms. The van der Waals surface area contributed by atoms with E-state index in [4.69, 9.17) is 42.6 Å². The van der Waals surface area contributed by atoms with Gasteiger partial charge < -0.3 is 42.6 Å². The Hall–Kier alpha value is -5.29. The molecule has 0 bridgehead atoms. The molecule has 0 radical (unpaired) electrons. The van der Waals surface area contributed by atoms with Crippen molar-refractivity contribution in [1.82, 2.24) is 4.90 Å². The van der Waals surface area contributed by atoms with Gasteiger partial charge in [-0.15, -0.1) is 24.9 Å². The Balaban J connectivity index is 1.22. The lowest BCUT2D eigenvalue weighted by Gasteiger charge is -2.51. The highest BCUT2D eigenvalue weighted by Gasteiger charge is 2.57. The zero-order valence-corrected chi connectivity index (χ0v) is 39.7. The lowest BCUT2D eigenvalue weighted by molar-refractivity contribution is -0.353.